The minimum atomic E-state index is -1.30. The Labute approximate surface area is 101 Å². The lowest BCUT2D eigenvalue weighted by molar-refractivity contribution is -0.161. The second-order valence-corrected chi connectivity index (χ2v) is 5.10. The summed E-state index contributed by atoms with van der Waals surface area (Å²) in [4.78, 5) is 22.5. The molecule has 0 heterocycles. The van der Waals surface area contributed by atoms with E-state index in [2.05, 4.69) is 4.74 Å². The van der Waals surface area contributed by atoms with Crippen LogP contribution in [0, 0.1) is 11.3 Å². The third-order valence-electron chi connectivity index (χ3n) is 2.35. The number of ether oxygens (including phenoxy) is 1. The van der Waals surface area contributed by atoms with E-state index in [9.17, 15) is 14.7 Å². The number of allylic oxidation sites excluding steroid dienone is 1. The highest BCUT2D eigenvalue weighted by molar-refractivity contribution is 5.95. The van der Waals surface area contributed by atoms with E-state index in [1.54, 1.807) is 27.7 Å². The summed E-state index contributed by atoms with van der Waals surface area (Å²) in [5.74, 6) is -3.35. The van der Waals surface area contributed by atoms with Gasteiger partial charge in [0.15, 0.2) is 5.92 Å². The number of carbonyl (C=O) groups is 2. The van der Waals surface area contributed by atoms with Gasteiger partial charge in [-0.3, -0.25) is 9.59 Å². The highest BCUT2D eigenvalue weighted by Crippen LogP contribution is 2.30. The highest BCUT2D eigenvalue weighted by atomic mass is 16.5. The molecular weight excluding hydrogens is 224 g/mol. The summed E-state index contributed by atoms with van der Waals surface area (Å²) in [7, 11) is 1.15. The summed E-state index contributed by atoms with van der Waals surface area (Å²) in [6, 6.07) is 0. The highest BCUT2D eigenvalue weighted by Gasteiger charge is 2.40. The van der Waals surface area contributed by atoms with Crippen molar-refractivity contribution >= 4 is 11.9 Å². The molecule has 0 aliphatic heterocycles. The zero-order valence-electron chi connectivity index (χ0n) is 10.9. The van der Waals surface area contributed by atoms with E-state index in [1.165, 1.54) is 12.2 Å². The molecule has 0 aliphatic carbocycles. The van der Waals surface area contributed by atoms with Crippen LogP contribution < -0.4 is 0 Å². The van der Waals surface area contributed by atoms with Gasteiger partial charge in [-0.15, -0.1) is 0 Å². The second kappa shape index (κ2) is 5.31. The summed E-state index contributed by atoms with van der Waals surface area (Å²) in [5.41, 5.74) is -2.00. The molecule has 1 atom stereocenters. The number of esters is 1. The van der Waals surface area contributed by atoms with Gasteiger partial charge in [-0.1, -0.05) is 26.0 Å². The van der Waals surface area contributed by atoms with Crippen molar-refractivity contribution in [3.8, 4) is 0 Å². The van der Waals surface area contributed by atoms with Crippen LogP contribution in [0.4, 0.5) is 0 Å². The Kier molecular flexibility index (Phi) is 4.89. The van der Waals surface area contributed by atoms with Crippen molar-refractivity contribution in [3.05, 3.63) is 12.2 Å². The summed E-state index contributed by atoms with van der Waals surface area (Å²) in [6.07, 6.45) is 2.98. The van der Waals surface area contributed by atoms with Crippen molar-refractivity contribution in [2.45, 2.75) is 33.3 Å². The van der Waals surface area contributed by atoms with Crippen LogP contribution in [0.3, 0.4) is 0 Å². The fraction of sp³-hybridized carbons (Fsp3) is 0.667. The van der Waals surface area contributed by atoms with Gasteiger partial charge in [-0.2, -0.15) is 0 Å². The standard InChI is InChI=1S/C12H20O5/c1-11(2,6-7-12(3,4)16)8(9(13)14)10(15)17-5/h6-8,16H,1-5H3,(H,13,14). The maximum Gasteiger partial charge on any atom is 0.320 e. The normalized spacial score (nSPS) is 14.7. The van der Waals surface area contributed by atoms with Crippen molar-refractivity contribution in [2.24, 2.45) is 11.3 Å². The fourth-order valence-electron chi connectivity index (χ4n) is 1.36. The molecule has 0 aromatic carbocycles. The Morgan fingerprint density at radius 2 is 1.65 bits per heavy atom. The zero-order valence-corrected chi connectivity index (χ0v) is 10.9. The summed E-state index contributed by atoms with van der Waals surface area (Å²) < 4.78 is 4.48. The molecular formula is C12H20O5. The molecule has 0 spiro atoms. The fourth-order valence-corrected chi connectivity index (χ4v) is 1.36. The topological polar surface area (TPSA) is 83.8 Å². The lowest BCUT2D eigenvalue weighted by atomic mass is 9.77. The first-order valence-corrected chi connectivity index (χ1v) is 5.24. The molecule has 0 saturated heterocycles. The number of rotatable bonds is 5. The van der Waals surface area contributed by atoms with E-state index < -0.39 is 28.9 Å². The molecule has 98 valence electrons. The molecule has 0 rings (SSSR count). The molecule has 1 unspecified atom stereocenters. The van der Waals surface area contributed by atoms with Gasteiger partial charge in [0.25, 0.3) is 0 Å². The van der Waals surface area contributed by atoms with Crippen LogP contribution in [0.15, 0.2) is 12.2 Å². The Morgan fingerprint density at radius 3 is 1.94 bits per heavy atom. The van der Waals surface area contributed by atoms with E-state index in [0.717, 1.165) is 7.11 Å². The lowest BCUT2D eigenvalue weighted by Crippen LogP contribution is -2.37. The molecule has 0 aliphatic rings. The van der Waals surface area contributed by atoms with E-state index in [-0.39, 0.29) is 0 Å². The van der Waals surface area contributed by atoms with Crippen LogP contribution in [0.25, 0.3) is 0 Å². The van der Waals surface area contributed by atoms with Crippen molar-refractivity contribution in [2.75, 3.05) is 7.11 Å². The number of carboxylic acid groups (broad SMARTS) is 1. The van der Waals surface area contributed by atoms with E-state index >= 15 is 0 Å². The molecule has 2 N–H and O–H groups in total. The molecule has 0 fully saturated rings. The van der Waals surface area contributed by atoms with Gasteiger partial charge in [-0.25, -0.2) is 0 Å². The number of hydrogen-bond acceptors (Lipinski definition) is 4. The van der Waals surface area contributed by atoms with Crippen LogP contribution >= 0.6 is 0 Å². The Bertz CT molecular complexity index is 322. The Balaban J connectivity index is 5.17. The molecule has 5 nitrogen and oxygen atoms in total. The molecule has 0 bridgehead atoms. The van der Waals surface area contributed by atoms with E-state index in [4.69, 9.17) is 5.11 Å². The Morgan fingerprint density at radius 1 is 1.18 bits per heavy atom. The first-order valence-electron chi connectivity index (χ1n) is 5.24. The molecule has 0 saturated carbocycles. The van der Waals surface area contributed by atoms with Gasteiger partial charge in [0.1, 0.15) is 0 Å². The average Bonchev–Trinajstić information content (AvgIpc) is 2.12. The predicted octanol–water partition coefficient (Wildman–Crippen LogP) is 1.21. The van der Waals surface area contributed by atoms with Gasteiger partial charge in [0.2, 0.25) is 0 Å². The molecule has 5 heteroatoms. The first kappa shape index (κ1) is 15.6. The summed E-state index contributed by atoms with van der Waals surface area (Å²) in [6.45, 7) is 6.33. The Hall–Kier alpha value is -1.36. The third kappa shape index (κ3) is 4.99. The summed E-state index contributed by atoms with van der Waals surface area (Å²) >= 11 is 0. The molecule has 0 amide bonds. The van der Waals surface area contributed by atoms with Gasteiger partial charge in [0.05, 0.1) is 12.7 Å². The van der Waals surface area contributed by atoms with Crippen LogP contribution in [-0.2, 0) is 14.3 Å². The molecule has 0 aromatic rings. The smallest absolute Gasteiger partial charge is 0.320 e. The van der Waals surface area contributed by atoms with E-state index in [0.29, 0.717) is 0 Å². The van der Waals surface area contributed by atoms with Crippen molar-refractivity contribution in [1.82, 2.24) is 0 Å². The monoisotopic (exact) mass is 244 g/mol. The summed E-state index contributed by atoms with van der Waals surface area (Å²) in [5, 5.41) is 18.6. The number of hydrogen-bond donors (Lipinski definition) is 2. The maximum absolute atomic E-state index is 11.4. The second-order valence-electron chi connectivity index (χ2n) is 5.10. The SMILES string of the molecule is COC(=O)C(C(=O)O)C(C)(C)C=CC(C)(C)O. The number of methoxy groups -OCH3 is 1. The molecule has 17 heavy (non-hydrogen) atoms. The van der Waals surface area contributed by atoms with Crippen molar-refractivity contribution < 1.29 is 24.5 Å². The number of aliphatic hydroxyl groups is 1. The zero-order chi connectivity index (χ0) is 13.9. The quantitative estimate of drug-likeness (QED) is 0.431. The maximum atomic E-state index is 11.4. The molecule has 0 radical (unpaired) electrons. The first-order chi connectivity index (χ1) is 7.51. The third-order valence-corrected chi connectivity index (χ3v) is 2.35. The predicted molar refractivity (Wildman–Crippen MR) is 62.4 cm³/mol. The van der Waals surface area contributed by atoms with E-state index in [1.807, 2.05) is 0 Å². The minimum Gasteiger partial charge on any atom is -0.481 e. The van der Waals surface area contributed by atoms with Gasteiger partial charge >= 0.3 is 11.9 Å². The molecule has 0 aromatic heterocycles. The minimum absolute atomic E-state index is 0.803. The number of carbonyl (C=O) groups excluding carboxylic acids is 1. The van der Waals surface area contributed by atoms with Crippen molar-refractivity contribution in [3.63, 3.8) is 0 Å². The number of aliphatic carboxylic acids is 1. The van der Waals surface area contributed by atoms with Crippen LogP contribution in [0.1, 0.15) is 27.7 Å². The largest absolute Gasteiger partial charge is 0.481 e. The van der Waals surface area contributed by atoms with Gasteiger partial charge in [0, 0.05) is 5.41 Å². The van der Waals surface area contributed by atoms with Gasteiger partial charge in [-0.05, 0) is 13.8 Å². The van der Waals surface area contributed by atoms with Crippen LogP contribution in [0.2, 0.25) is 0 Å². The van der Waals surface area contributed by atoms with Crippen molar-refractivity contribution in [1.29, 1.82) is 0 Å². The average molecular weight is 244 g/mol. The van der Waals surface area contributed by atoms with Gasteiger partial charge < -0.3 is 14.9 Å². The van der Waals surface area contributed by atoms with Crippen LogP contribution in [-0.4, -0.2) is 34.9 Å². The number of carboxylic acids is 1. The lowest BCUT2D eigenvalue weighted by Gasteiger charge is -2.27. The van der Waals surface area contributed by atoms with Crippen LogP contribution in [0.5, 0.6) is 0 Å².